The van der Waals surface area contributed by atoms with E-state index in [1.54, 1.807) is 34.4 Å². The first-order valence-electron chi connectivity index (χ1n) is 9.89. The molecule has 1 aliphatic heterocycles. The Bertz CT molecular complexity index is 886. The first kappa shape index (κ1) is 24.7. The number of hydrogen-bond acceptors (Lipinski definition) is 6. The van der Waals surface area contributed by atoms with Gasteiger partial charge in [0.25, 0.3) is 0 Å². The number of anilines is 1. The van der Waals surface area contributed by atoms with Crippen LogP contribution in [0, 0.1) is 0 Å². The molecule has 9 heteroatoms. The number of phenolic OH excluding ortho intramolecular Hbond substituents is 1. The molecule has 2 aromatic carbocycles. The van der Waals surface area contributed by atoms with Gasteiger partial charge in [-0.2, -0.15) is 0 Å². The summed E-state index contributed by atoms with van der Waals surface area (Å²) in [6, 6.07) is 11.3. The molecule has 1 saturated heterocycles. The Morgan fingerprint density at radius 3 is 2.23 bits per heavy atom. The van der Waals surface area contributed by atoms with Crippen molar-refractivity contribution < 1.29 is 19.3 Å². The van der Waals surface area contributed by atoms with Crippen LogP contribution in [0.15, 0.2) is 41.4 Å². The third-order valence-electron chi connectivity index (χ3n) is 5.24. The Balaban J connectivity index is 0.00000341. The predicted molar refractivity (Wildman–Crippen MR) is 134 cm³/mol. The van der Waals surface area contributed by atoms with Gasteiger partial charge in [0.15, 0.2) is 17.5 Å². The van der Waals surface area contributed by atoms with E-state index in [-0.39, 0.29) is 24.0 Å². The van der Waals surface area contributed by atoms with E-state index in [1.807, 2.05) is 30.3 Å². The van der Waals surface area contributed by atoms with Crippen LogP contribution in [0.2, 0.25) is 0 Å². The number of para-hydroxylation sites is 2. The van der Waals surface area contributed by atoms with E-state index in [0.717, 1.165) is 43.4 Å². The summed E-state index contributed by atoms with van der Waals surface area (Å²) < 4.78 is 16.4. The van der Waals surface area contributed by atoms with E-state index in [4.69, 9.17) is 14.2 Å². The zero-order valence-electron chi connectivity index (χ0n) is 18.4. The van der Waals surface area contributed by atoms with Gasteiger partial charge in [0, 0.05) is 45.3 Å². The van der Waals surface area contributed by atoms with E-state index in [9.17, 15) is 5.11 Å². The van der Waals surface area contributed by atoms with Crippen molar-refractivity contribution in [2.45, 2.75) is 6.54 Å². The number of rotatable bonds is 6. The van der Waals surface area contributed by atoms with E-state index in [1.165, 1.54) is 0 Å². The predicted octanol–water partition coefficient (Wildman–Crippen LogP) is 2.93. The molecule has 8 nitrogen and oxygen atoms in total. The fourth-order valence-corrected chi connectivity index (χ4v) is 3.70. The van der Waals surface area contributed by atoms with Crippen molar-refractivity contribution in [3.63, 3.8) is 0 Å². The lowest BCUT2D eigenvalue weighted by molar-refractivity contribution is 0.321. The summed E-state index contributed by atoms with van der Waals surface area (Å²) in [7, 11) is 6.60. The first-order chi connectivity index (χ1) is 14.6. The van der Waals surface area contributed by atoms with Crippen LogP contribution >= 0.6 is 24.0 Å². The highest BCUT2D eigenvalue weighted by Crippen LogP contribution is 2.39. The molecule has 3 rings (SSSR count). The lowest BCUT2D eigenvalue weighted by atomic mass is 10.1. The van der Waals surface area contributed by atoms with E-state index < -0.39 is 0 Å². The Kier molecular flexibility index (Phi) is 9.35. The van der Waals surface area contributed by atoms with Crippen LogP contribution in [0.4, 0.5) is 5.69 Å². The van der Waals surface area contributed by atoms with Crippen molar-refractivity contribution in [2.75, 3.05) is 59.5 Å². The molecule has 2 N–H and O–H groups in total. The fraction of sp³-hybridized carbons (Fsp3) is 0.409. The molecule has 170 valence electrons. The van der Waals surface area contributed by atoms with Gasteiger partial charge < -0.3 is 34.4 Å². The summed E-state index contributed by atoms with van der Waals surface area (Å²) in [5.41, 5.74) is 1.82. The Hall–Kier alpha value is -2.56. The largest absolute Gasteiger partial charge is 0.506 e. The van der Waals surface area contributed by atoms with Gasteiger partial charge >= 0.3 is 0 Å². The van der Waals surface area contributed by atoms with Crippen LogP contribution in [0.25, 0.3) is 0 Å². The molecule has 0 spiro atoms. The third-order valence-corrected chi connectivity index (χ3v) is 5.24. The van der Waals surface area contributed by atoms with Gasteiger partial charge in [0.2, 0.25) is 5.75 Å². The highest BCUT2D eigenvalue weighted by atomic mass is 127. The monoisotopic (exact) mass is 542 g/mol. The van der Waals surface area contributed by atoms with Crippen LogP contribution in [-0.4, -0.2) is 70.5 Å². The van der Waals surface area contributed by atoms with E-state index in [2.05, 4.69) is 20.1 Å². The molecule has 0 aliphatic carbocycles. The molecule has 0 bridgehead atoms. The van der Waals surface area contributed by atoms with Crippen molar-refractivity contribution >= 4 is 35.6 Å². The van der Waals surface area contributed by atoms with Crippen molar-refractivity contribution in [3.05, 3.63) is 42.0 Å². The highest BCUT2D eigenvalue weighted by Gasteiger charge is 2.22. The summed E-state index contributed by atoms with van der Waals surface area (Å²) in [5.74, 6) is 2.98. The van der Waals surface area contributed by atoms with Gasteiger partial charge in [-0.25, -0.2) is 0 Å². The van der Waals surface area contributed by atoms with Crippen molar-refractivity contribution in [1.82, 2.24) is 10.2 Å². The molecule has 0 radical (unpaired) electrons. The second-order valence-electron chi connectivity index (χ2n) is 6.86. The van der Waals surface area contributed by atoms with Crippen LogP contribution in [0.1, 0.15) is 5.56 Å². The molecular weight excluding hydrogens is 511 g/mol. The molecule has 0 saturated carbocycles. The second-order valence-corrected chi connectivity index (χ2v) is 6.86. The first-order valence-corrected chi connectivity index (χ1v) is 9.89. The van der Waals surface area contributed by atoms with Crippen LogP contribution < -0.4 is 24.4 Å². The number of aromatic hydroxyl groups is 1. The zero-order chi connectivity index (χ0) is 21.5. The Morgan fingerprint density at radius 2 is 1.65 bits per heavy atom. The second kappa shape index (κ2) is 11.7. The normalized spacial score (nSPS) is 14.0. The topological polar surface area (TPSA) is 78.8 Å². The molecule has 2 aromatic rings. The quantitative estimate of drug-likeness (QED) is 0.330. The number of benzene rings is 2. The zero-order valence-corrected chi connectivity index (χ0v) is 20.8. The molecule has 0 amide bonds. The summed E-state index contributed by atoms with van der Waals surface area (Å²) in [6.07, 6.45) is 0. The summed E-state index contributed by atoms with van der Waals surface area (Å²) >= 11 is 0. The average Bonchev–Trinajstić information content (AvgIpc) is 2.79. The summed E-state index contributed by atoms with van der Waals surface area (Å²) in [6.45, 7) is 3.75. The van der Waals surface area contributed by atoms with E-state index >= 15 is 0 Å². The van der Waals surface area contributed by atoms with Gasteiger partial charge in [-0.15, -0.1) is 24.0 Å². The SMILES string of the molecule is CN=C(NCc1ccc(OC)c(OC)c1OC)N1CCN(c2ccccc2O)CC1.I. The minimum atomic E-state index is 0. The number of phenols is 1. The molecule has 0 unspecified atom stereocenters. The van der Waals surface area contributed by atoms with Gasteiger partial charge in [-0.05, 0) is 24.3 Å². The van der Waals surface area contributed by atoms with Gasteiger partial charge in [0.05, 0.1) is 27.0 Å². The maximum Gasteiger partial charge on any atom is 0.203 e. The Labute approximate surface area is 200 Å². The molecule has 1 aliphatic rings. The van der Waals surface area contributed by atoms with Gasteiger partial charge in [-0.3, -0.25) is 4.99 Å². The molecule has 0 atom stereocenters. The summed E-state index contributed by atoms with van der Waals surface area (Å²) in [4.78, 5) is 8.84. The third kappa shape index (κ3) is 5.57. The van der Waals surface area contributed by atoms with Gasteiger partial charge in [0.1, 0.15) is 5.75 Å². The lowest BCUT2D eigenvalue weighted by Crippen LogP contribution is -2.52. The number of hydrogen-bond donors (Lipinski definition) is 2. The summed E-state index contributed by atoms with van der Waals surface area (Å²) in [5, 5.41) is 13.5. The van der Waals surface area contributed by atoms with Gasteiger partial charge in [-0.1, -0.05) is 12.1 Å². The van der Waals surface area contributed by atoms with E-state index in [0.29, 0.717) is 29.5 Å². The van der Waals surface area contributed by atoms with Crippen molar-refractivity contribution in [2.24, 2.45) is 4.99 Å². The average molecular weight is 542 g/mol. The number of aliphatic imine (C=N–C) groups is 1. The smallest absolute Gasteiger partial charge is 0.203 e. The highest BCUT2D eigenvalue weighted by molar-refractivity contribution is 14.0. The molecular formula is C22H31IN4O4. The van der Waals surface area contributed by atoms with Crippen LogP contribution in [0.5, 0.6) is 23.0 Å². The molecule has 1 fully saturated rings. The maximum absolute atomic E-state index is 10.1. The molecule has 0 aromatic heterocycles. The number of nitrogens with one attached hydrogen (secondary N) is 1. The number of methoxy groups -OCH3 is 3. The number of ether oxygens (including phenoxy) is 3. The fourth-order valence-electron chi connectivity index (χ4n) is 3.70. The number of halogens is 1. The lowest BCUT2D eigenvalue weighted by Gasteiger charge is -2.37. The van der Waals surface area contributed by atoms with Crippen LogP contribution in [-0.2, 0) is 6.54 Å². The van der Waals surface area contributed by atoms with Crippen LogP contribution in [0.3, 0.4) is 0 Å². The minimum absolute atomic E-state index is 0. The number of piperazine rings is 1. The minimum Gasteiger partial charge on any atom is -0.506 e. The Morgan fingerprint density at radius 1 is 0.968 bits per heavy atom. The van der Waals surface area contributed by atoms with Crippen molar-refractivity contribution in [3.8, 4) is 23.0 Å². The van der Waals surface area contributed by atoms with Crippen molar-refractivity contribution in [1.29, 1.82) is 0 Å². The number of guanidine groups is 1. The number of nitrogens with zero attached hydrogens (tertiary/aromatic N) is 3. The maximum atomic E-state index is 10.1. The standard InChI is InChI=1S/C22H30N4O4.HI/c1-23-22(24-15-16-9-10-19(28-2)21(30-4)20(16)29-3)26-13-11-25(12-14-26)17-7-5-6-8-18(17)27;/h5-10,27H,11-15H2,1-4H3,(H,23,24);1H. The molecule has 1 heterocycles. The molecule has 31 heavy (non-hydrogen) atoms.